The summed E-state index contributed by atoms with van der Waals surface area (Å²) < 4.78 is 1.79. The van der Waals surface area contributed by atoms with Crippen molar-refractivity contribution in [3.63, 3.8) is 0 Å². The van der Waals surface area contributed by atoms with E-state index in [1.54, 1.807) is 32.6 Å². The van der Waals surface area contributed by atoms with Crippen molar-refractivity contribution in [3.8, 4) is 11.1 Å². The van der Waals surface area contributed by atoms with Crippen LogP contribution in [0.4, 0.5) is 0 Å². The van der Waals surface area contributed by atoms with Gasteiger partial charge in [0.2, 0.25) is 0 Å². The van der Waals surface area contributed by atoms with Gasteiger partial charge in [0.05, 0.1) is 8.07 Å². The molecule has 5 heteroatoms. The van der Waals surface area contributed by atoms with Crippen molar-refractivity contribution >= 4 is 29.7 Å². The Morgan fingerprint density at radius 1 is 0.794 bits per heavy atom. The second-order valence-corrected chi connectivity index (χ2v) is 23.0. The van der Waals surface area contributed by atoms with Crippen LogP contribution in [0.3, 0.4) is 0 Å². The molecule has 2 aliphatic carbocycles. The van der Waals surface area contributed by atoms with Gasteiger partial charge >= 0.3 is 53.1 Å². The minimum atomic E-state index is -1.27. The molecule has 0 saturated heterocycles. The number of hydrogen-bond acceptors (Lipinski definition) is 0. The maximum atomic E-state index is 3.58. The first-order chi connectivity index (χ1) is 15.1. The second kappa shape index (κ2) is 13.8. The maximum Gasteiger partial charge on any atom is -0.172 e. The monoisotopic (exact) mass is 602 g/mol. The first-order valence-electron chi connectivity index (χ1n) is 12.0. The van der Waals surface area contributed by atoms with Crippen LogP contribution in [-0.2, 0) is 30.7 Å². The molecule has 5 rings (SSSR count). The molecule has 0 N–H and O–H groups in total. The van der Waals surface area contributed by atoms with Crippen molar-refractivity contribution < 1.29 is 49.0 Å². The van der Waals surface area contributed by atoms with Crippen molar-refractivity contribution in [1.29, 1.82) is 0 Å². The number of fused-ring (bicyclic) bond motifs is 3. The van der Waals surface area contributed by atoms with Crippen LogP contribution in [0.2, 0.25) is 39.3 Å². The fraction of sp³-hybridized carbons (Fsp3) is 0.379. The smallest absolute Gasteiger partial charge is 0.172 e. The van der Waals surface area contributed by atoms with E-state index in [0.29, 0.717) is 0 Å². The molecule has 34 heavy (non-hydrogen) atoms. The van der Waals surface area contributed by atoms with E-state index < -0.39 is 16.1 Å². The van der Waals surface area contributed by atoms with E-state index in [1.807, 2.05) is 30.3 Å². The zero-order valence-corrected chi connectivity index (χ0v) is 27.5. The Morgan fingerprint density at radius 3 is 1.79 bits per heavy atom. The van der Waals surface area contributed by atoms with E-state index in [9.17, 15) is 0 Å². The molecule has 0 radical (unpaired) electrons. The molecule has 0 unspecified atom stereocenters. The molecular weight excluding hydrogens is 567 g/mol. The van der Waals surface area contributed by atoms with E-state index in [1.165, 1.54) is 53.1 Å². The Morgan fingerprint density at radius 2 is 1.35 bits per heavy atom. The van der Waals surface area contributed by atoms with E-state index in [0.717, 1.165) is 6.42 Å². The molecule has 0 heterocycles. The number of rotatable bonds is 2. The molecule has 0 amide bonds. The van der Waals surface area contributed by atoms with Gasteiger partial charge in [-0.1, -0.05) is 73.8 Å². The van der Waals surface area contributed by atoms with Crippen LogP contribution in [0.25, 0.3) is 11.1 Å². The molecule has 1 saturated carbocycles. The van der Waals surface area contributed by atoms with Crippen LogP contribution < -0.4 is 35.2 Å². The van der Waals surface area contributed by atoms with Gasteiger partial charge in [-0.15, -0.1) is 5.56 Å². The van der Waals surface area contributed by atoms with Gasteiger partial charge in [0.1, 0.15) is 0 Å². The van der Waals surface area contributed by atoms with E-state index in [-0.39, 0.29) is 24.8 Å². The average molecular weight is 605 g/mol. The normalized spacial score (nSPS) is 13.8. The Hall–Kier alpha value is -0.443. The Bertz CT molecular complexity index is 958. The molecule has 0 aromatic heterocycles. The summed E-state index contributed by atoms with van der Waals surface area (Å²) in [6, 6.07) is 25.5. The molecule has 1 fully saturated rings. The molecule has 0 nitrogen and oxygen atoms in total. The Kier molecular flexibility index (Phi) is 12.8. The summed E-state index contributed by atoms with van der Waals surface area (Å²) >= 11 is 1.68. The Balaban J connectivity index is 0.000000367. The number of halogens is 2. The van der Waals surface area contributed by atoms with Gasteiger partial charge in [0.25, 0.3) is 0 Å². The molecule has 0 spiro atoms. The van der Waals surface area contributed by atoms with Crippen LogP contribution >= 0.6 is 0 Å². The molecular formula is C29H38Cl2Si2Zr-2. The van der Waals surface area contributed by atoms with Crippen molar-refractivity contribution in [1.82, 2.24) is 0 Å². The maximum absolute atomic E-state index is 3.58. The molecule has 3 aromatic rings. The van der Waals surface area contributed by atoms with E-state index in [2.05, 4.69) is 75.7 Å². The SMILES string of the molecule is C[Si](C)(C)c1c[c-]c2c(c1)-c1cc([Si](C)(C)C)ccc1C2.[Cl-].[Cl-].[Zr+2]=[C]1CCCC1.c1cc[cH-]c1. The number of hydrogen-bond donors (Lipinski definition) is 0. The zero-order valence-electron chi connectivity index (χ0n) is 21.6. The largest absolute Gasteiger partial charge is 0.214 e. The fourth-order valence-electron chi connectivity index (χ4n) is 4.11. The van der Waals surface area contributed by atoms with Gasteiger partial charge in [-0.05, 0) is 6.42 Å². The molecule has 3 aromatic carbocycles. The van der Waals surface area contributed by atoms with Crippen molar-refractivity contribution in [2.24, 2.45) is 0 Å². The first kappa shape index (κ1) is 31.6. The average Bonchev–Trinajstić information content (AvgIpc) is 3.49. The minimum Gasteiger partial charge on any atom is -0.214 e. The fourth-order valence-corrected chi connectivity index (χ4v) is 7.22. The summed E-state index contributed by atoms with van der Waals surface area (Å²) in [6.07, 6.45) is 6.89. The van der Waals surface area contributed by atoms with Crippen LogP contribution in [0.5, 0.6) is 0 Å². The zero-order chi connectivity index (χ0) is 23.4. The quantitative estimate of drug-likeness (QED) is 0.235. The summed E-state index contributed by atoms with van der Waals surface area (Å²) in [4.78, 5) is 0. The molecule has 0 bridgehead atoms. The van der Waals surface area contributed by atoms with Crippen LogP contribution in [0.15, 0.2) is 60.7 Å². The minimum absolute atomic E-state index is 0. The molecule has 0 atom stereocenters. The van der Waals surface area contributed by atoms with Crippen molar-refractivity contribution in [2.45, 2.75) is 71.4 Å². The third kappa shape index (κ3) is 8.89. The van der Waals surface area contributed by atoms with E-state index in [4.69, 9.17) is 0 Å². The van der Waals surface area contributed by atoms with Gasteiger partial charge in [-0.25, -0.2) is 12.1 Å². The number of benzene rings is 2. The van der Waals surface area contributed by atoms with Crippen LogP contribution in [0, 0.1) is 6.07 Å². The molecule has 0 aliphatic heterocycles. The molecule has 182 valence electrons. The summed E-state index contributed by atoms with van der Waals surface area (Å²) in [6.45, 7) is 14.5. The summed E-state index contributed by atoms with van der Waals surface area (Å²) in [5.41, 5.74) is 5.79. The summed E-state index contributed by atoms with van der Waals surface area (Å²) in [7, 11) is -2.52. The van der Waals surface area contributed by atoms with Gasteiger partial charge in [-0.3, -0.25) is 0 Å². The van der Waals surface area contributed by atoms with E-state index >= 15 is 0 Å². The summed E-state index contributed by atoms with van der Waals surface area (Å²) in [5.74, 6) is 0. The van der Waals surface area contributed by atoms with Gasteiger partial charge < -0.3 is 24.8 Å². The standard InChI is InChI=1S/C19H25Si2.C5H8.C5H5.2ClH.Zr/c1-20(2,3)16-9-7-14-11-15-8-10-17(21(4,5)6)13-19(15)18(14)12-16;2*1-2-4-5-3-1;;;/h7,9-10,12-13H,11H2,1-6H3;1-4H2;1-5H;2*1H;/q-1;;-1;;;+2/p-2. The van der Waals surface area contributed by atoms with Crippen LogP contribution in [-0.4, -0.2) is 19.4 Å². The van der Waals surface area contributed by atoms with Crippen molar-refractivity contribution in [3.05, 3.63) is 77.9 Å². The predicted molar refractivity (Wildman–Crippen MR) is 145 cm³/mol. The van der Waals surface area contributed by atoms with Gasteiger partial charge in [0, 0.05) is 8.07 Å². The predicted octanol–water partition coefficient (Wildman–Crippen LogP) is 0.841. The van der Waals surface area contributed by atoms with Gasteiger partial charge in [0.15, 0.2) is 0 Å². The molecule has 2 aliphatic rings. The third-order valence-electron chi connectivity index (χ3n) is 6.29. The van der Waals surface area contributed by atoms with Crippen molar-refractivity contribution in [2.75, 3.05) is 0 Å². The topological polar surface area (TPSA) is 0 Å². The Labute approximate surface area is 237 Å². The first-order valence-corrected chi connectivity index (χ1v) is 20.2. The van der Waals surface area contributed by atoms with Crippen LogP contribution in [0.1, 0.15) is 36.8 Å². The second-order valence-electron chi connectivity index (χ2n) is 11.1. The summed E-state index contributed by atoms with van der Waals surface area (Å²) in [5, 5.41) is 3.08. The van der Waals surface area contributed by atoms with Gasteiger partial charge in [-0.2, -0.15) is 47.1 Å². The third-order valence-corrected chi connectivity index (χ3v) is 11.6.